The first-order chi connectivity index (χ1) is 22.3. The summed E-state index contributed by atoms with van der Waals surface area (Å²) in [5, 5.41) is 10.9. The van der Waals surface area contributed by atoms with Crippen molar-refractivity contribution < 1.29 is 33.5 Å². The standard InChI is InChI=1S/C36H30N2O8/c39-33(37-13-15-44-16-14-37)19-24-7-11-30-26(17-24)21-27-18-25(20-34(40)45-22-23-5-9-28(10-6-23)38(42)43)8-12-31(27)36(30)32-4-2-1-3-29(32)35(41)46-36/h1-12,17-18H,13-16,19-22H2. The molecule has 4 aromatic rings. The van der Waals surface area contributed by atoms with Gasteiger partial charge < -0.3 is 19.1 Å². The second-order valence-electron chi connectivity index (χ2n) is 11.7. The lowest BCUT2D eigenvalue weighted by atomic mass is 9.70. The van der Waals surface area contributed by atoms with Gasteiger partial charge in [0.15, 0.2) is 5.60 Å². The van der Waals surface area contributed by atoms with Crippen LogP contribution in [0, 0.1) is 10.1 Å². The van der Waals surface area contributed by atoms with E-state index < -0.39 is 22.5 Å². The SMILES string of the molecule is O=C(Cc1ccc2c(c1)Cc1cc(CC(=O)N3CCOCC3)ccc1C21OC(=O)c2ccccc21)OCc1ccc([N+](=O)[O-])cc1. The van der Waals surface area contributed by atoms with Crippen LogP contribution in [-0.2, 0) is 55.3 Å². The number of ether oxygens (including phenoxy) is 3. The van der Waals surface area contributed by atoms with E-state index in [0.29, 0.717) is 43.9 Å². The second kappa shape index (κ2) is 11.9. The lowest BCUT2D eigenvalue weighted by Crippen LogP contribution is -2.41. The largest absolute Gasteiger partial charge is 0.461 e. The molecule has 4 aromatic carbocycles. The third-order valence-corrected chi connectivity index (χ3v) is 8.87. The van der Waals surface area contributed by atoms with Gasteiger partial charge in [0, 0.05) is 41.9 Å². The minimum absolute atomic E-state index is 0.00304. The highest BCUT2D eigenvalue weighted by Crippen LogP contribution is 2.52. The number of fused-ring (bicyclic) bond motifs is 6. The summed E-state index contributed by atoms with van der Waals surface area (Å²) >= 11 is 0. The molecule has 1 spiro atoms. The number of esters is 2. The van der Waals surface area contributed by atoms with Crippen LogP contribution in [0.15, 0.2) is 84.9 Å². The van der Waals surface area contributed by atoms with Crippen LogP contribution < -0.4 is 0 Å². The van der Waals surface area contributed by atoms with Gasteiger partial charge >= 0.3 is 11.9 Å². The number of carbonyl (C=O) groups excluding carboxylic acids is 3. The van der Waals surface area contributed by atoms with Crippen LogP contribution in [0.3, 0.4) is 0 Å². The fourth-order valence-corrected chi connectivity index (χ4v) is 6.66. The van der Waals surface area contributed by atoms with E-state index in [-0.39, 0.29) is 31.0 Å². The molecule has 0 saturated carbocycles. The van der Waals surface area contributed by atoms with E-state index >= 15 is 0 Å². The van der Waals surface area contributed by atoms with Crippen molar-refractivity contribution >= 4 is 23.5 Å². The van der Waals surface area contributed by atoms with Gasteiger partial charge in [-0.15, -0.1) is 0 Å². The summed E-state index contributed by atoms with van der Waals surface area (Å²) in [6.45, 7) is 2.22. The molecular formula is C36H30N2O8. The summed E-state index contributed by atoms with van der Waals surface area (Å²) in [7, 11) is 0. The number of non-ortho nitro benzene ring substituents is 1. The average Bonchev–Trinajstić information content (AvgIpc) is 3.36. The molecule has 1 saturated heterocycles. The van der Waals surface area contributed by atoms with Gasteiger partial charge in [0.25, 0.3) is 5.69 Å². The number of carbonyl (C=O) groups is 3. The topological polar surface area (TPSA) is 125 Å². The summed E-state index contributed by atoms with van der Waals surface area (Å²) in [6.07, 6.45) is 0.798. The molecule has 0 bridgehead atoms. The van der Waals surface area contributed by atoms with Crippen molar-refractivity contribution in [1.29, 1.82) is 0 Å². The van der Waals surface area contributed by atoms with Crippen molar-refractivity contribution in [3.05, 3.63) is 145 Å². The molecule has 1 fully saturated rings. The molecular weight excluding hydrogens is 588 g/mol. The van der Waals surface area contributed by atoms with E-state index in [1.165, 1.54) is 12.1 Å². The summed E-state index contributed by atoms with van der Waals surface area (Å²) in [5.41, 5.74) is 5.88. The minimum atomic E-state index is -1.15. The van der Waals surface area contributed by atoms with Crippen molar-refractivity contribution in [3.8, 4) is 0 Å². The predicted octanol–water partition coefficient (Wildman–Crippen LogP) is 4.65. The van der Waals surface area contributed by atoms with E-state index in [2.05, 4.69) is 0 Å². The first kappa shape index (κ1) is 29.4. The maximum absolute atomic E-state index is 13.2. The third kappa shape index (κ3) is 5.30. The van der Waals surface area contributed by atoms with E-state index in [1.807, 2.05) is 59.5 Å². The number of hydrogen-bond donors (Lipinski definition) is 0. The van der Waals surface area contributed by atoms with Crippen LogP contribution in [0.1, 0.15) is 54.9 Å². The number of nitro groups is 1. The number of amides is 1. The van der Waals surface area contributed by atoms with Crippen molar-refractivity contribution in [2.45, 2.75) is 31.5 Å². The monoisotopic (exact) mass is 618 g/mol. The smallest absolute Gasteiger partial charge is 0.340 e. The summed E-state index contributed by atoms with van der Waals surface area (Å²) in [4.78, 5) is 51.3. The van der Waals surface area contributed by atoms with Crippen molar-refractivity contribution in [2.24, 2.45) is 0 Å². The van der Waals surface area contributed by atoms with E-state index in [1.54, 1.807) is 18.2 Å². The first-order valence-corrected chi connectivity index (χ1v) is 15.1. The molecule has 0 radical (unpaired) electrons. The number of hydrogen-bond acceptors (Lipinski definition) is 8. The highest BCUT2D eigenvalue weighted by molar-refractivity contribution is 5.96. The van der Waals surface area contributed by atoms with Gasteiger partial charge in [-0.2, -0.15) is 0 Å². The van der Waals surface area contributed by atoms with Crippen LogP contribution >= 0.6 is 0 Å². The third-order valence-electron chi connectivity index (χ3n) is 8.87. The Morgan fingerprint density at radius 2 is 1.46 bits per heavy atom. The number of rotatable bonds is 7. The Morgan fingerprint density at radius 3 is 2.13 bits per heavy atom. The van der Waals surface area contributed by atoms with Gasteiger partial charge in [0.2, 0.25) is 5.91 Å². The summed E-state index contributed by atoms with van der Waals surface area (Å²) in [5.74, 6) is -0.799. The Balaban J connectivity index is 1.18. The van der Waals surface area contributed by atoms with E-state index in [0.717, 1.165) is 38.9 Å². The molecule has 0 aromatic heterocycles. The van der Waals surface area contributed by atoms with Crippen LogP contribution in [0.2, 0.25) is 0 Å². The molecule has 1 unspecified atom stereocenters. The van der Waals surface area contributed by atoms with Crippen LogP contribution in [0.25, 0.3) is 0 Å². The molecule has 2 heterocycles. The van der Waals surface area contributed by atoms with E-state index in [9.17, 15) is 24.5 Å². The van der Waals surface area contributed by atoms with Gasteiger partial charge in [0.1, 0.15) is 6.61 Å². The Morgan fingerprint density at radius 1 is 0.826 bits per heavy atom. The molecule has 0 N–H and O–H groups in total. The fraction of sp³-hybridized carbons (Fsp3) is 0.250. The molecule has 10 nitrogen and oxygen atoms in total. The Labute approximate surface area is 264 Å². The molecule has 2 aliphatic heterocycles. The van der Waals surface area contributed by atoms with Gasteiger partial charge in [-0.3, -0.25) is 19.7 Å². The summed E-state index contributed by atoms with van der Waals surface area (Å²) in [6, 6.07) is 24.9. The van der Waals surface area contributed by atoms with Crippen LogP contribution in [0.5, 0.6) is 0 Å². The lowest BCUT2D eigenvalue weighted by Gasteiger charge is -2.37. The number of benzene rings is 4. The Kier molecular flexibility index (Phi) is 7.58. The molecule has 7 rings (SSSR count). The number of morpholine rings is 1. The molecule has 1 amide bonds. The van der Waals surface area contributed by atoms with Gasteiger partial charge in [0.05, 0.1) is 36.5 Å². The quantitative estimate of drug-likeness (QED) is 0.167. The second-order valence-corrected chi connectivity index (χ2v) is 11.7. The molecule has 10 heteroatoms. The Hall–Kier alpha value is -5.35. The Bertz CT molecular complexity index is 1880. The number of nitro benzene ring substituents is 1. The molecule has 1 aliphatic carbocycles. The minimum Gasteiger partial charge on any atom is -0.461 e. The predicted molar refractivity (Wildman–Crippen MR) is 165 cm³/mol. The number of nitrogens with zero attached hydrogens (tertiary/aromatic N) is 2. The lowest BCUT2D eigenvalue weighted by molar-refractivity contribution is -0.384. The van der Waals surface area contributed by atoms with Gasteiger partial charge in [-0.1, -0.05) is 54.6 Å². The van der Waals surface area contributed by atoms with Crippen molar-refractivity contribution in [3.63, 3.8) is 0 Å². The molecule has 46 heavy (non-hydrogen) atoms. The van der Waals surface area contributed by atoms with Crippen LogP contribution in [-0.4, -0.2) is 54.0 Å². The van der Waals surface area contributed by atoms with Crippen LogP contribution in [0.4, 0.5) is 5.69 Å². The van der Waals surface area contributed by atoms with Crippen molar-refractivity contribution in [2.75, 3.05) is 26.3 Å². The normalized spacial score (nSPS) is 17.9. The fourth-order valence-electron chi connectivity index (χ4n) is 6.66. The summed E-state index contributed by atoms with van der Waals surface area (Å²) < 4.78 is 17.2. The molecule has 232 valence electrons. The highest BCUT2D eigenvalue weighted by atomic mass is 16.6. The first-order valence-electron chi connectivity index (χ1n) is 15.1. The zero-order valence-corrected chi connectivity index (χ0v) is 24.9. The highest BCUT2D eigenvalue weighted by Gasteiger charge is 2.52. The molecule has 1 atom stereocenters. The van der Waals surface area contributed by atoms with Gasteiger partial charge in [-0.05, 0) is 52.4 Å². The van der Waals surface area contributed by atoms with Crippen molar-refractivity contribution in [1.82, 2.24) is 4.90 Å². The average molecular weight is 619 g/mol. The molecule has 3 aliphatic rings. The zero-order valence-electron chi connectivity index (χ0n) is 24.9. The maximum Gasteiger partial charge on any atom is 0.340 e. The maximum atomic E-state index is 13.2. The van der Waals surface area contributed by atoms with Gasteiger partial charge in [-0.25, -0.2) is 4.79 Å². The zero-order chi connectivity index (χ0) is 31.8. The van der Waals surface area contributed by atoms with E-state index in [4.69, 9.17) is 14.2 Å².